The Labute approximate surface area is 110 Å². The molecule has 0 aliphatic rings. The standard InChI is InChI=1S/C13H19BrFNO/c1-4-13(3,17-5-2)12(16)9-7-6-8-10(14)11(9)15/h6-8,12H,4-5,16H2,1-3H3. The molecule has 1 rings (SSSR count). The molecule has 2 N–H and O–H groups in total. The van der Waals surface area contributed by atoms with Crippen LogP contribution >= 0.6 is 15.9 Å². The number of benzene rings is 1. The Morgan fingerprint density at radius 1 is 1.47 bits per heavy atom. The summed E-state index contributed by atoms with van der Waals surface area (Å²) in [4.78, 5) is 0. The number of hydrogen-bond donors (Lipinski definition) is 1. The summed E-state index contributed by atoms with van der Waals surface area (Å²) < 4.78 is 20.1. The summed E-state index contributed by atoms with van der Waals surface area (Å²) >= 11 is 3.17. The molecule has 4 heteroatoms. The Morgan fingerprint density at radius 3 is 2.65 bits per heavy atom. The minimum Gasteiger partial charge on any atom is -0.374 e. The van der Waals surface area contributed by atoms with Crippen LogP contribution in [0.2, 0.25) is 0 Å². The smallest absolute Gasteiger partial charge is 0.142 e. The highest BCUT2D eigenvalue weighted by molar-refractivity contribution is 9.10. The third kappa shape index (κ3) is 3.06. The van der Waals surface area contributed by atoms with E-state index >= 15 is 0 Å². The zero-order chi connectivity index (χ0) is 13.1. The summed E-state index contributed by atoms with van der Waals surface area (Å²) in [6.07, 6.45) is 0.730. The van der Waals surface area contributed by atoms with Crippen molar-refractivity contribution in [2.24, 2.45) is 5.73 Å². The van der Waals surface area contributed by atoms with Crippen molar-refractivity contribution in [1.82, 2.24) is 0 Å². The molecule has 0 aromatic heterocycles. The lowest BCUT2D eigenvalue weighted by atomic mass is 9.88. The predicted molar refractivity (Wildman–Crippen MR) is 71.4 cm³/mol. The Bertz CT molecular complexity index is 386. The van der Waals surface area contributed by atoms with Crippen molar-refractivity contribution in [2.75, 3.05) is 6.61 Å². The first-order chi connectivity index (χ1) is 7.96. The van der Waals surface area contributed by atoms with Gasteiger partial charge in [-0.15, -0.1) is 0 Å². The van der Waals surface area contributed by atoms with Gasteiger partial charge in [-0.05, 0) is 42.3 Å². The van der Waals surface area contributed by atoms with Crippen LogP contribution in [0.1, 0.15) is 38.8 Å². The van der Waals surface area contributed by atoms with Gasteiger partial charge < -0.3 is 10.5 Å². The van der Waals surface area contributed by atoms with E-state index in [2.05, 4.69) is 15.9 Å². The van der Waals surface area contributed by atoms with Crippen molar-refractivity contribution in [3.05, 3.63) is 34.1 Å². The van der Waals surface area contributed by atoms with E-state index in [9.17, 15) is 4.39 Å². The molecule has 0 aliphatic heterocycles. The fraction of sp³-hybridized carbons (Fsp3) is 0.538. The number of hydrogen-bond acceptors (Lipinski definition) is 2. The van der Waals surface area contributed by atoms with Gasteiger partial charge in [-0.3, -0.25) is 0 Å². The van der Waals surface area contributed by atoms with Gasteiger partial charge in [0.25, 0.3) is 0 Å². The van der Waals surface area contributed by atoms with E-state index in [0.29, 0.717) is 16.6 Å². The molecule has 17 heavy (non-hydrogen) atoms. The van der Waals surface area contributed by atoms with Crippen molar-refractivity contribution in [2.45, 2.75) is 38.8 Å². The van der Waals surface area contributed by atoms with Crippen LogP contribution in [0.4, 0.5) is 4.39 Å². The van der Waals surface area contributed by atoms with Crippen LogP contribution in [-0.2, 0) is 4.74 Å². The van der Waals surface area contributed by atoms with Crippen molar-refractivity contribution in [3.63, 3.8) is 0 Å². The van der Waals surface area contributed by atoms with Crippen LogP contribution in [0.15, 0.2) is 22.7 Å². The number of rotatable bonds is 5. The second kappa shape index (κ2) is 5.94. The fourth-order valence-electron chi connectivity index (χ4n) is 1.83. The number of ether oxygens (including phenoxy) is 1. The van der Waals surface area contributed by atoms with Crippen LogP contribution in [0.5, 0.6) is 0 Å². The Kier molecular flexibility index (Phi) is 5.10. The van der Waals surface area contributed by atoms with Crippen LogP contribution in [-0.4, -0.2) is 12.2 Å². The van der Waals surface area contributed by atoms with E-state index < -0.39 is 11.6 Å². The third-order valence-corrected chi connectivity index (χ3v) is 3.76. The Morgan fingerprint density at radius 2 is 2.12 bits per heavy atom. The zero-order valence-electron chi connectivity index (χ0n) is 10.5. The molecule has 96 valence electrons. The highest BCUT2D eigenvalue weighted by Crippen LogP contribution is 2.33. The van der Waals surface area contributed by atoms with Gasteiger partial charge in [0.15, 0.2) is 0 Å². The molecule has 0 radical (unpaired) electrons. The lowest BCUT2D eigenvalue weighted by molar-refractivity contribution is -0.0479. The van der Waals surface area contributed by atoms with Gasteiger partial charge in [-0.1, -0.05) is 19.1 Å². The summed E-state index contributed by atoms with van der Waals surface area (Å²) in [7, 11) is 0. The summed E-state index contributed by atoms with van der Waals surface area (Å²) in [5.74, 6) is -0.306. The van der Waals surface area contributed by atoms with E-state index in [1.54, 1.807) is 18.2 Å². The number of nitrogens with two attached hydrogens (primary N) is 1. The molecule has 0 saturated heterocycles. The average molecular weight is 304 g/mol. The molecule has 0 spiro atoms. The van der Waals surface area contributed by atoms with E-state index in [4.69, 9.17) is 10.5 Å². The van der Waals surface area contributed by atoms with Gasteiger partial charge in [-0.25, -0.2) is 4.39 Å². The molecule has 1 aromatic rings. The first-order valence-corrected chi connectivity index (χ1v) is 6.59. The van der Waals surface area contributed by atoms with Crippen LogP contribution < -0.4 is 5.73 Å². The van der Waals surface area contributed by atoms with Gasteiger partial charge in [0, 0.05) is 12.2 Å². The average Bonchev–Trinajstić information content (AvgIpc) is 2.32. The van der Waals surface area contributed by atoms with E-state index in [0.717, 1.165) is 6.42 Å². The van der Waals surface area contributed by atoms with Crippen LogP contribution in [0.25, 0.3) is 0 Å². The van der Waals surface area contributed by atoms with Crippen molar-refractivity contribution < 1.29 is 9.13 Å². The highest BCUT2D eigenvalue weighted by Gasteiger charge is 2.33. The summed E-state index contributed by atoms with van der Waals surface area (Å²) in [5.41, 5.74) is 6.09. The molecule has 2 nitrogen and oxygen atoms in total. The zero-order valence-corrected chi connectivity index (χ0v) is 12.1. The van der Waals surface area contributed by atoms with E-state index in [1.807, 2.05) is 20.8 Å². The minimum absolute atomic E-state index is 0.306. The molecule has 0 saturated carbocycles. The molecule has 2 atom stereocenters. The van der Waals surface area contributed by atoms with Crippen molar-refractivity contribution in [1.29, 1.82) is 0 Å². The third-order valence-electron chi connectivity index (χ3n) is 3.15. The van der Waals surface area contributed by atoms with E-state index in [1.165, 1.54) is 0 Å². The van der Waals surface area contributed by atoms with Gasteiger partial charge >= 0.3 is 0 Å². The second-order valence-corrected chi connectivity index (χ2v) is 5.07. The summed E-state index contributed by atoms with van der Waals surface area (Å²) in [6.45, 7) is 6.39. The van der Waals surface area contributed by atoms with Gasteiger partial charge in [0.1, 0.15) is 5.82 Å². The maximum Gasteiger partial charge on any atom is 0.142 e. The SMILES string of the molecule is CCOC(C)(CC)C(N)c1cccc(Br)c1F. The van der Waals surface area contributed by atoms with Gasteiger partial charge in [0.05, 0.1) is 16.1 Å². The summed E-state index contributed by atoms with van der Waals surface area (Å²) in [6, 6.07) is 4.67. The van der Waals surface area contributed by atoms with Crippen LogP contribution in [0.3, 0.4) is 0 Å². The normalized spacial score (nSPS) is 16.6. The first kappa shape index (κ1) is 14.6. The topological polar surface area (TPSA) is 35.2 Å². The minimum atomic E-state index is -0.545. The molecule has 0 heterocycles. The molecular formula is C13H19BrFNO. The fourth-order valence-corrected chi connectivity index (χ4v) is 2.21. The van der Waals surface area contributed by atoms with Gasteiger partial charge in [0.2, 0.25) is 0 Å². The lowest BCUT2D eigenvalue weighted by Crippen LogP contribution is -2.41. The second-order valence-electron chi connectivity index (χ2n) is 4.22. The monoisotopic (exact) mass is 303 g/mol. The quantitative estimate of drug-likeness (QED) is 0.898. The van der Waals surface area contributed by atoms with Gasteiger partial charge in [-0.2, -0.15) is 0 Å². The first-order valence-electron chi connectivity index (χ1n) is 5.79. The van der Waals surface area contributed by atoms with Crippen molar-refractivity contribution in [3.8, 4) is 0 Å². The molecule has 1 aromatic carbocycles. The predicted octanol–water partition coefficient (Wildman–Crippen LogP) is 3.79. The Hall–Kier alpha value is -0.450. The van der Waals surface area contributed by atoms with Crippen LogP contribution in [0, 0.1) is 5.82 Å². The molecule has 0 amide bonds. The van der Waals surface area contributed by atoms with Crippen molar-refractivity contribution >= 4 is 15.9 Å². The summed E-state index contributed by atoms with van der Waals surface area (Å²) in [5, 5.41) is 0. The maximum absolute atomic E-state index is 14.0. The Balaban J connectivity index is 3.10. The molecule has 2 unspecified atom stereocenters. The highest BCUT2D eigenvalue weighted by atomic mass is 79.9. The van der Waals surface area contributed by atoms with E-state index in [-0.39, 0.29) is 5.82 Å². The maximum atomic E-state index is 14.0. The number of halogens is 2. The molecular weight excluding hydrogens is 285 g/mol. The molecule has 0 bridgehead atoms. The molecule has 0 fully saturated rings. The largest absolute Gasteiger partial charge is 0.374 e. The molecule has 0 aliphatic carbocycles. The lowest BCUT2D eigenvalue weighted by Gasteiger charge is -2.34.